The Morgan fingerprint density at radius 3 is 2.89 bits per heavy atom. The van der Waals surface area contributed by atoms with E-state index in [4.69, 9.17) is 5.11 Å². The number of amides is 1. The Balaban J connectivity index is 1.89. The van der Waals surface area contributed by atoms with Gasteiger partial charge >= 0.3 is 0 Å². The lowest BCUT2D eigenvalue weighted by Crippen LogP contribution is -2.12. The van der Waals surface area contributed by atoms with Crippen LogP contribution in [0.1, 0.15) is 12.0 Å². The van der Waals surface area contributed by atoms with Gasteiger partial charge in [0, 0.05) is 30.6 Å². The molecule has 98 valence electrons. The van der Waals surface area contributed by atoms with E-state index < -0.39 is 11.6 Å². The van der Waals surface area contributed by atoms with Gasteiger partial charge in [-0.25, -0.2) is 4.39 Å². The number of halogens is 1. The number of nitrogens with zero attached hydrogens (tertiary/aromatic N) is 1. The first-order chi connectivity index (χ1) is 9.15. The number of carbonyl (C=O) groups is 1. The quantitative estimate of drug-likeness (QED) is 0.830. The molecule has 0 fully saturated rings. The van der Waals surface area contributed by atoms with Gasteiger partial charge in [-0.15, -0.1) is 0 Å². The van der Waals surface area contributed by atoms with Gasteiger partial charge in [0.1, 0.15) is 0 Å². The Morgan fingerprint density at radius 2 is 2.21 bits per heavy atom. The zero-order chi connectivity index (χ0) is 13.7. The first-order valence-corrected chi connectivity index (χ1v) is 5.82. The third-order valence-electron chi connectivity index (χ3n) is 2.59. The molecule has 5 heteroatoms. The summed E-state index contributed by atoms with van der Waals surface area (Å²) in [5.74, 6) is -1.41. The van der Waals surface area contributed by atoms with E-state index in [0.29, 0.717) is 12.1 Å². The summed E-state index contributed by atoms with van der Waals surface area (Å²) in [4.78, 5) is 15.6. The van der Waals surface area contributed by atoms with Crippen molar-refractivity contribution in [3.8, 4) is 5.75 Å². The molecular weight excluding hydrogens is 247 g/mol. The summed E-state index contributed by atoms with van der Waals surface area (Å²) in [5.41, 5.74) is 1.29. The fourth-order valence-electron chi connectivity index (χ4n) is 1.61. The van der Waals surface area contributed by atoms with Crippen LogP contribution >= 0.6 is 0 Å². The number of carbonyl (C=O) groups excluding carboxylic acids is 1. The van der Waals surface area contributed by atoms with Crippen LogP contribution in [-0.4, -0.2) is 16.0 Å². The zero-order valence-electron chi connectivity index (χ0n) is 10.1. The molecule has 1 aromatic carbocycles. The summed E-state index contributed by atoms with van der Waals surface area (Å²) in [6, 6.07) is 7.42. The first-order valence-electron chi connectivity index (χ1n) is 5.82. The molecule has 0 saturated carbocycles. The van der Waals surface area contributed by atoms with E-state index in [0.717, 1.165) is 11.6 Å². The van der Waals surface area contributed by atoms with Crippen molar-refractivity contribution in [3.05, 3.63) is 54.1 Å². The lowest BCUT2D eigenvalue weighted by molar-refractivity contribution is -0.116. The minimum absolute atomic E-state index is 0.214. The van der Waals surface area contributed by atoms with Crippen LogP contribution in [0.5, 0.6) is 5.75 Å². The number of aromatic nitrogens is 1. The van der Waals surface area contributed by atoms with Gasteiger partial charge in [-0.1, -0.05) is 6.07 Å². The lowest BCUT2D eigenvalue weighted by Gasteiger charge is -2.06. The average molecular weight is 260 g/mol. The van der Waals surface area contributed by atoms with E-state index in [1.807, 2.05) is 12.1 Å². The number of aryl methyl sites for hydroxylation is 1. The van der Waals surface area contributed by atoms with Crippen LogP contribution in [0, 0.1) is 5.82 Å². The number of pyridine rings is 1. The van der Waals surface area contributed by atoms with Crippen molar-refractivity contribution in [2.24, 2.45) is 0 Å². The number of benzene rings is 1. The fraction of sp³-hybridized carbons (Fsp3) is 0.143. The minimum atomic E-state index is -0.759. The van der Waals surface area contributed by atoms with Crippen molar-refractivity contribution in [1.29, 1.82) is 0 Å². The highest BCUT2D eigenvalue weighted by atomic mass is 19.1. The predicted octanol–water partition coefficient (Wildman–Crippen LogP) is 2.50. The number of aromatic hydroxyl groups is 1. The highest BCUT2D eigenvalue weighted by Gasteiger charge is 2.06. The first kappa shape index (κ1) is 13.0. The highest BCUT2D eigenvalue weighted by Crippen LogP contribution is 2.19. The van der Waals surface area contributed by atoms with Crippen LogP contribution in [0.25, 0.3) is 0 Å². The number of phenolic OH excluding ortho intramolecular Hbond substituents is 1. The van der Waals surface area contributed by atoms with Gasteiger partial charge in [-0.2, -0.15) is 0 Å². The molecule has 0 aliphatic rings. The van der Waals surface area contributed by atoms with Gasteiger partial charge in [0.05, 0.1) is 0 Å². The number of rotatable bonds is 4. The van der Waals surface area contributed by atoms with Crippen LogP contribution in [0.2, 0.25) is 0 Å². The van der Waals surface area contributed by atoms with Crippen molar-refractivity contribution in [2.75, 3.05) is 5.32 Å². The third kappa shape index (κ3) is 3.77. The van der Waals surface area contributed by atoms with Crippen molar-refractivity contribution >= 4 is 11.6 Å². The molecule has 1 aromatic heterocycles. The van der Waals surface area contributed by atoms with E-state index in [9.17, 15) is 9.18 Å². The second kappa shape index (κ2) is 5.95. The largest absolute Gasteiger partial charge is 0.505 e. The molecule has 0 spiro atoms. The smallest absolute Gasteiger partial charge is 0.224 e. The standard InChI is InChI=1S/C14H13FN2O2/c15-12-8-11(4-5-13(12)18)17-14(19)6-3-10-2-1-7-16-9-10/h1-2,4-5,7-9,18H,3,6H2,(H,17,19). The maximum atomic E-state index is 13.1. The Morgan fingerprint density at radius 1 is 1.37 bits per heavy atom. The van der Waals surface area contributed by atoms with E-state index in [1.54, 1.807) is 12.4 Å². The maximum absolute atomic E-state index is 13.1. The van der Waals surface area contributed by atoms with Crippen LogP contribution in [-0.2, 0) is 11.2 Å². The number of anilines is 1. The van der Waals surface area contributed by atoms with Gasteiger partial charge in [-0.05, 0) is 30.2 Å². The summed E-state index contributed by atoms with van der Waals surface area (Å²) in [7, 11) is 0. The summed E-state index contributed by atoms with van der Waals surface area (Å²) < 4.78 is 13.1. The normalized spacial score (nSPS) is 10.2. The van der Waals surface area contributed by atoms with Crippen LogP contribution < -0.4 is 5.32 Å². The van der Waals surface area contributed by atoms with Crippen LogP contribution in [0.4, 0.5) is 10.1 Å². The van der Waals surface area contributed by atoms with Gasteiger partial charge in [-0.3, -0.25) is 9.78 Å². The van der Waals surface area contributed by atoms with E-state index >= 15 is 0 Å². The average Bonchev–Trinajstić information content (AvgIpc) is 2.42. The molecule has 1 amide bonds. The second-order valence-corrected chi connectivity index (χ2v) is 4.08. The molecule has 4 nitrogen and oxygen atoms in total. The maximum Gasteiger partial charge on any atom is 0.224 e. The summed E-state index contributed by atoms with van der Waals surface area (Å²) in [6.45, 7) is 0. The second-order valence-electron chi connectivity index (χ2n) is 4.08. The van der Waals surface area contributed by atoms with E-state index in [2.05, 4.69) is 10.3 Å². The van der Waals surface area contributed by atoms with E-state index in [1.165, 1.54) is 12.1 Å². The molecule has 0 radical (unpaired) electrons. The topological polar surface area (TPSA) is 62.2 Å². The highest BCUT2D eigenvalue weighted by molar-refractivity contribution is 5.90. The minimum Gasteiger partial charge on any atom is -0.505 e. The number of phenols is 1. The third-order valence-corrected chi connectivity index (χ3v) is 2.59. The SMILES string of the molecule is O=C(CCc1cccnc1)Nc1ccc(O)c(F)c1. The van der Waals surface area contributed by atoms with Crippen LogP contribution in [0.3, 0.4) is 0 Å². The van der Waals surface area contributed by atoms with Crippen molar-refractivity contribution < 1.29 is 14.3 Å². The molecule has 1 heterocycles. The van der Waals surface area contributed by atoms with Crippen LogP contribution in [0.15, 0.2) is 42.7 Å². The number of nitrogens with one attached hydrogen (secondary N) is 1. The zero-order valence-corrected chi connectivity index (χ0v) is 10.1. The van der Waals surface area contributed by atoms with Gasteiger partial charge < -0.3 is 10.4 Å². The summed E-state index contributed by atoms with van der Waals surface area (Å²) in [5, 5.41) is 11.6. The Labute approximate surface area is 109 Å². The van der Waals surface area contributed by atoms with E-state index in [-0.39, 0.29) is 12.3 Å². The Hall–Kier alpha value is -2.43. The molecular formula is C14H13FN2O2. The van der Waals surface area contributed by atoms with Crippen molar-refractivity contribution in [2.45, 2.75) is 12.8 Å². The van der Waals surface area contributed by atoms with Crippen molar-refractivity contribution in [1.82, 2.24) is 4.98 Å². The fourth-order valence-corrected chi connectivity index (χ4v) is 1.61. The Kier molecular flexibility index (Phi) is 4.07. The van der Waals surface area contributed by atoms with Gasteiger partial charge in [0.15, 0.2) is 11.6 Å². The predicted molar refractivity (Wildman–Crippen MR) is 69.3 cm³/mol. The molecule has 2 rings (SSSR count). The van der Waals surface area contributed by atoms with Crippen molar-refractivity contribution in [3.63, 3.8) is 0 Å². The molecule has 0 unspecified atom stereocenters. The van der Waals surface area contributed by atoms with Gasteiger partial charge in [0.25, 0.3) is 0 Å². The molecule has 19 heavy (non-hydrogen) atoms. The molecule has 0 aliphatic carbocycles. The summed E-state index contributed by atoms with van der Waals surface area (Å²) >= 11 is 0. The molecule has 0 saturated heterocycles. The molecule has 2 aromatic rings. The number of hydrogen-bond acceptors (Lipinski definition) is 3. The van der Waals surface area contributed by atoms with Gasteiger partial charge in [0.2, 0.25) is 5.91 Å². The number of hydrogen-bond donors (Lipinski definition) is 2. The lowest BCUT2D eigenvalue weighted by atomic mass is 10.1. The Bertz CT molecular complexity index is 573. The molecule has 0 bridgehead atoms. The molecule has 0 atom stereocenters. The molecule has 2 N–H and O–H groups in total. The molecule has 0 aliphatic heterocycles. The monoisotopic (exact) mass is 260 g/mol. The summed E-state index contributed by atoms with van der Waals surface area (Å²) in [6.07, 6.45) is 4.23.